The number of amides is 3. The summed E-state index contributed by atoms with van der Waals surface area (Å²) in [7, 11) is 0. The maximum absolute atomic E-state index is 12.9. The molecule has 0 spiro atoms. The van der Waals surface area contributed by atoms with Crippen LogP contribution in [0.3, 0.4) is 0 Å². The molecule has 0 bridgehead atoms. The van der Waals surface area contributed by atoms with Gasteiger partial charge in [0.15, 0.2) is 0 Å². The third-order valence-electron chi connectivity index (χ3n) is 5.56. The smallest absolute Gasteiger partial charge is 0.326 e. The normalized spacial score (nSPS) is 16.9. The first-order chi connectivity index (χ1) is 14.5. The van der Waals surface area contributed by atoms with Crippen LogP contribution in [0.5, 0.6) is 0 Å². The van der Waals surface area contributed by atoms with Gasteiger partial charge in [-0.3, -0.25) is 14.4 Å². The van der Waals surface area contributed by atoms with Crippen LogP contribution in [-0.2, 0) is 19.2 Å². The third-order valence-corrected chi connectivity index (χ3v) is 5.56. The van der Waals surface area contributed by atoms with Crippen LogP contribution < -0.4 is 27.4 Å². The van der Waals surface area contributed by atoms with Gasteiger partial charge in [0.2, 0.25) is 17.7 Å². The van der Waals surface area contributed by atoms with E-state index in [0.29, 0.717) is 38.6 Å². The average Bonchev–Trinajstić information content (AvgIpc) is 2.73. The lowest BCUT2D eigenvalue weighted by Gasteiger charge is -2.29. The summed E-state index contributed by atoms with van der Waals surface area (Å²) in [5, 5.41) is 17.4. The van der Waals surface area contributed by atoms with Crippen LogP contribution in [0.15, 0.2) is 0 Å². The summed E-state index contributed by atoms with van der Waals surface area (Å²) >= 11 is 0. The van der Waals surface area contributed by atoms with Crippen molar-refractivity contribution in [2.45, 2.75) is 90.9 Å². The molecule has 0 unspecified atom stereocenters. The quantitative estimate of drug-likeness (QED) is 0.194. The Hall–Kier alpha value is -2.20. The SMILES string of the molecule is CC[C@H](C)[C@H](NC(=O)[C@@H](NC(=O)[C@H](CCCCN)NC(=O)[C@H](C)N)[C@@H](C)CC)C(=O)O. The number of carboxylic acid groups (broad SMARTS) is 1. The number of unbranched alkanes of at least 4 members (excludes halogenated alkanes) is 1. The topological polar surface area (TPSA) is 177 Å². The first-order valence-corrected chi connectivity index (χ1v) is 11.1. The second-order valence-electron chi connectivity index (χ2n) is 8.22. The van der Waals surface area contributed by atoms with Gasteiger partial charge in [-0.25, -0.2) is 4.79 Å². The van der Waals surface area contributed by atoms with E-state index in [2.05, 4.69) is 16.0 Å². The third kappa shape index (κ3) is 10.1. The van der Waals surface area contributed by atoms with Crippen LogP contribution in [0.25, 0.3) is 0 Å². The Balaban J connectivity index is 5.50. The highest BCUT2D eigenvalue weighted by Crippen LogP contribution is 2.13. The van der Waals surface area contributed by atoms with Crippen LogP contribution in [0, 0.1) is 11.8 Å². The Morgan fingerprint density at radius 3 is 1.77 bits per heavy atom. The molecule has 0 aliphatic carbocycles. The summed E-state index contributed by atoms with van der Waals surface area (Å²) in [5.41, 5.74) is 11.1. The molecule has 0 aromatic heterocycles. The van der Waals surface area contributed by atoms with Gasteiger partial charge in [0, 0.05) is 0 Å². The van der Waals surface area contributed by atoms with Crippen molar-refractivity contribution < 1.29 is 24.3 Å². The molecule has 31 heavy (non-hydrogen) atoms. The standard InChI is InChI=1S/C21H41N5O5/c1-6-12(3)16(20(29)26-17(21(30)31)13(4)7-2)25-19(28)15(10-8-9-11-22)24-18(27)14(5)23/h12-17H,6-11,22-23H2,1-5H3,(H,24,27)(H,25,28)(H,26,29)(H,30,31)/t12-,13-,14-,15-,16-,17-/m0/s1. The molecular formula is C21H41N5O5. The molecule has 0 aliphatic rings. The highest BCUT2D eigenvalue weighted by Gasteiger charge is 2.33. The monoisotopic (exact) mass is 443 g/mol. The summed E-state index contributed by atoms with van der Waals surface area (Å²) in [6, 6.07) is -3.65. The van der Waals surface area contributed by atoms with Crippen molar-refractivity contribution >= 4 is 23.7 Å². The molecule has 3 amide bonds. The van der Waals surface area contributed by atoms with Gasteiger partial charge >= 0.3 is 5.97 Å². The molecule has 180 valence electrons. The zero-order chi connectivity index (χ0) is 24.1. The number of carboxylic acids is 1. The van der Waals surface area contributed by atoms with E-state index in [1.807, 2.05) is 13.8 Å². The van der Waals surface area contributed by atoms with E-state index in [1.54, 1.807) is 13.8 Å². The number of aliphatic carboxylic acids is 1. The van der Waals surface area contributed by atoms with Gasteiger partial charge in [-0.2, -0.15) is 0 Å². The number of hydrogen-bond acceptors (Lipinski definition) is 6. The molecule has 0 rings (SSSR count). The zero-order valence-corrected chi connectivity index (χ0v) is 19.4. The van der Waals surface area contributed by atoms with E-state index >= 15 is 0 Å². The number of nitrogens with one attached hydrogen (secondary N) is 3. The zero-order valence-electron chi connectivity index (χ0n) is 19.4. The first-order valence-electron chi connectivity index (χ1n) is 11.1. The van der Waals surface area contributed by atoms with Gasteiger partial charge in [-0.05, 0) is 44.6 Å². The maximum atomic E-state index is 12.9. The van der Waals surface area contributed by atoms with Crippen LogP contribution in [0.4, 0.5) is 0 Å². The Labute approximate surface area is 185 Å². The fourth-order valence-corrected chi connectivity index (χ4v) is 2.95. The number of carbonyl (C=O) groups is 4. The number of rotatable bonds is 15. The van der Waals surface area contributed by atoms with Gasteiger partial charge in [-0.1, -0.05) is 40.5 Å². The lowest BCUT2D eigenvalue weighted by Crippen LogP contribution is -2.59. The average molecular weight is 444 g/mol. The van der Waals surface area contributed by atoms with Gasteiger partial charge in [0.05, 0.1) is 6.04 Å². The van der Waals surface area contributed by atoms with Gasteiger partial charge in [0.1, 0.15) is 18.1 Å². The van der Waals surface area contributed by atoms with Crippen molar-refractivity contribution in [2.75, 3.05) is 6.54 Å². The van der Waals surface area contributed by atoms with E-state index in [-0.39, 0.29) is 11.8 Å². The van der Waals surface area contributed by atoms with Gasteiger partial charge < -0.3 is 32.5 Å². The Kier molecular flexibility index (Phi) is 13.7. The van der Waals surface area contributed by atoms with E-state index in [1.165, 1.54) is 6.92 Å². The molecule has 0 aromatic rings. The summed E-state index contributed by atoms with van der Waals surface area (Å²) in [4.78, 5) is 49.5. The van der Waals surface area contributed by atoms with E-state index < -0.39 is 47.9 Å². The second-order valence-corrected chi connectivity index (χ2v) is 8.22. The van der Waals surface area contributed by atoms with Crippen LogP contribution in [-0.4, -0.2) is 59.5 Å². The fraction of sp³-hybridized carbons (Fsp3) is 0.810. The van der Waals surface area contributed by atoms with Crippen molar-refractivity contribution in [3.63, 3.8) is 0 Å². The Morgan fingerprint density at radius 1 is 0.806 bits per heavy atom. The predicted octanol–water partition coefficient (Wildman–Crippen LogP) is 0.0938. The van der Waals surface area contributed by atoms with Crippen molar-refractivity contribution in [2.24, 2.45) is 23.3 Å². The van der Waals surface area contributed by atoms with Gasteiger partial charge in [0.25, 0.3) is 0 Å². The molecular weight excluding hydrogens is 402 g/mol. The summed E-state index contributed by atoms with van der Waals surface area (Å²) in [6.07, 6.45) is 2.81. The molecule has 6 atom stereocenters. The lowest BCUT2D eigenvalue weighted by molar-refractivity contribution is -0.144. The van der Waals surface area contributed by atoms with Crippen LogP contribution in [0.1, 0.15) is 66.7 Å². The summed E-state index contributed by atoms with van der Waals surface area (Å²) in [5.74, 6) is -3.19. The highest BCUT2D eigenvalue weighted by atomic mass is 16.4. The number of nitrogens with two attached hydrogens (primary N) is 2. The minimum absolute atomic E-state index is 0.246. The van der Waals surface area contributed by atoms with E-state index in [0.717, 1.165) is 0 Å². The van der Waals surface area contributed by atoms with Crippen LogP contribution in [0.2, 0.25) is 0 Å². The fourth-order valence-electron chi connectivity index (χ4n) is 2.95. The minimum atomic E-state index is -1.12. The molecule has 8 N–H and O–H groups in total. The summed E-state index contributed by atoms with van der Waals surface area (Å²) in [6.45, 7) is 9.23. The molecule has 0 saturated heterocycles. The molecule has 0 aromatic carbocycles. The van der Waals surface area contributed by atoms with Crippen molar-refractivity contribution in [1.29, 1.82) is 0 Å². The Morgan fingerprint density at radius 2 is 1.32 bits per heavy atom. The number of hydrogen-bond donors (Lipinski definition) is 6. The van der Waals surface area contributed by atoms with Crippen LogP contribution >= 0.6 is 0 Å². The molecule has 10 heteroatoms. The van der Waals surface area contributed by atoms with Gasteiger partial charge in [-0.15, -0.1) is 0 Å². The lowest BCUT2D eigenvalue weighted by atomic mass is 9.95. The molecule has 0 heterocycles. The maximum Gasteiger partial charge on any atom is 0.326 e. The molecule has 0 radical (unpaired) electrons. The number of carbonyl (C=O) groups excluding carboxylic acids is 3. The highest BCUT2D eigenvalue weighted by molar-refractivity contribution is 5.94. The van der Waals surface area contributed by atoms with Crippen molar-refractivity contribution in [3.05, 3.63) is 0 Å². The summed E-state index contributed by atoms with van der Waals surface area (Å²) < 4.78 is 0. The first kappa shape index (κ1) is 28.8. The predicted molar refractivity (Wildman–Crippen MR) is 119 cm³/mol. The molecule has 0 saturated carbocycles. The molecule has 10 nitrogen and oxygen atoms in total. The van der Waals surface area contributed by atoms with Crippen molar-refractivity contribution in [1.82, 2.24) is 16.0 Å². The van der Waals surface area contributed by atoms with E-state index in [9.17, 15) is 24.3 Å². The molecule has 0 aliphatic heterocycles. The van der Waals surface area contributed by atoms with E-state index in [4.69, 9.17) is 11.5 Å². The van der Waals surface area contributed by atoms with Crippen molar-refractivity contribution in [3.8, 4) is 0 Å². The molecule has 0 fully saturated rings. The minimum Gasteiger partial charge on any atom is -0.480 e. The second kappa shape index (κ2) is 14.7. The Bertz CT molecular complexity index is 599. The largest absolute Gasteiger partial charge is 0.480 e.